The number of aromatic nitrogens is 3. The number of thioether (sulfide) groups is 1. The monoisotopic (exact) mass is 354 g/mol. The molecule has 3 rings (SSSR count). The van der Waals surface area contributed by atoms with E-state index >= 15 is 0 Å². The molecule has 0 radical (unpaired) electrons. The molecule has 0 spiro atoms. The number of carbonyl (C=O) groups is 1. The van der Waals surface area contributed by atoms with Crippen molar-refractivity contribution in [1.29, 1.82) is 0 Å². The van der Waals surface area contributed by atoms with Crippen molar-refractivity contribution in [1.82, 2.24) is 20.3 Å². The zero-order valence-electron chi connectivity index (χ0n) is 14.7. The van der Waals surface area contributed by atoms with E-state index in [-0.39, 0.29) is 5.91 Å². The van der Waals surface area contributed by atoms with Crippen LogP contribution in [0.2, 0.25) is 0 Å². The van der Waals surface area contributed by atoms with Crippen molar-refractivity contribution in [2.24, 2.45) is 0 Å². The Hall–Kier alpha value is -2.34. The van der Waals surface area contributed by atoms with Crippen molar-refractivity contribution in [3.8, 4) is 0 Å². The average Bonchev–Trinajstić information content (AvgIpc) is 2.99. The highest BCUT2D eigenvalue weighted by atomic mass is 32.2. The van der Waals surface area contributed by atoms with Crippen LogP contribution in [0.3, 0.4) is 0 Å². The van der Waals surface area contributed by atoms with Crippen LogP contribution in [0.5, 0.6) is 0 Å². The number of nitrogens with zero attached hydrogens (tertiary/aromatic N) is 2. The number of amides is 1. The summed E-state index contributed by atoms with van der Waals surface area (Å²) in [5, 5.41) is 3.92. The molecule has 0 saturated heterocycles. The number of carbonyl (C=O) groups excluding carboxylic acids is 1. The first-order chi connectivity index (χ1) is 12.1. The molecule has 0 fully saturated rings. The summed E-state index contributed by atoms with van der Waals surface area (Å²) in [5.74, 6) is 1.65. The molecule has 2 heterocycles. The van der Waals surface area contributed by atoms with Gasteiger partial charge in [0, 0.05) is 34.8 Å². The Labute approximate surface area is 151 Å². The lowest BCUT2D eigenvalue weighted by molar-refractivity contribution is 0.0957. The fourth-order valence-corrected chi connectivity index (χ4v) is 3.62. The maximum absolute atomic E-state index is 12.6. The third-order valence-electron chi connectivity index (χ3n) is 4.12. The molecule has 0 aliphatic rings. The molecule has 0 aliphatic heterocycles. The minimum atomic E-state index is -0.0438. The van der Waals surface area contributed by atoms with Crippen molar-refractivity contribution in [2.75, 3.05) is 12.3 Å². The van der Waals surface area contributed by atoms with E-state index in [2.05, 4.69) is 20.3 Å². The lowest BCUT2D eigenvalue weighted by atomic mass is 10.0. The molecule has 0 aliphatic carbocycles. The van der Waals surface area contributed by atoms with Crippen LogP contribution in [0.1, 0.15) is 33.0 Å². The van der Waals surface area contributed by atoms with Crippen molar-refractivity contribution < 1.29 is 4.79 Å². The molecule has 130 valence electrons. The Morgan fingerprint density at radius 1 is 1.28 bits per heavy atom. The highest BCUT2D eigenvalue weighted by Crippen LogP contribution is 2.21. The molecule has 5 nitrogen and oxygen atoms in total. The Bertz CT molecular complexity index is 904. The van der Waals surface area contributed by atoms with Crippen molar-refractivity contribution in [3.63, 3.8) is 0 Å². The Balaban J connectivity index is 1.61. The fourth-order valence-electron chi connectivity index (χ4n) is 2.74. The summed E-state index contributed by atoms with van der Waals surface area (Å²) < 4.78 is 0. The number of aryl methyl sites for hydroxylation is 3. The molecule has 0 saturated carbocycles. The molecular formula is C19H22N4OS. The second kappa shape index (κ2) is 7.70. The van der Waals surface area contributed by atoms with E-state index in [1.54, 1.807) is 18.1 Å². The number of rotatable bonds is 6. The zero-order chi connectivity index (χ0) is 17.8. The zero-order valence-corrected chi connectivity index (χ0v) is 15.5. The fraction of sp³-hybridized carbons (Fsp3) is 0.316. The molecule has 3 aromatic rings. The lowest BCUT2D eigenvalue weighted by Crippen LogP contribution is -2.26. The molecular weight excluding hydrogens is 332 g/mol. The summed E-state index contributed by atoms with van der Waals surface area (Å²) in [6, 6.07) is 7.80. The maximum atomic E-state index is 12.6. The van der Waals surface area contributed by atoms with E-state index in [4.69, 9.17) is 0 Å². The standard InChI is InChI=1S/C19H22N4OS/c1-12-5-4-6-15-16(9-13(2)23-18(12)15)19(24)20-7-8-25-10-17-14(3)21-11-22-17/h4-6,9,11H,7-8,10H2,1-3H3,(H,20,24)(H,21,22). The summed E-state index contributed by atoms with van der Waals surface area (Å²) in [6.45, 7) is 6.58. The first-order valence-electron chi connectivity index (χ1n) is 8.28. The van der Waals surface area contributed by atoms with Gasteiger partial charge in [-0.3, -0.25) is 9.78 Å². The lowest BCUT2D eigenvalue weighted by Gasteiger charge is -2.10. The van der Waals surface area contributed by atoms with E-state index in [9.17, 15) is 4.79 Å². The minimum Gasteiger partial charge on any atom is -0.351 e. The SMILES string of the molecule is Cc1cc(C(=O)NCCSCc2nc[nH]c2C)c2cccc(C)c2n1. The smallest absolute Gasteiger partial charge is 0.252 e. The van der Waals surface area contributed by atoms with Gasteiger partial charge in [0.25, 0.3) is 5.91 Å². The second-order valence-corrected chi connectivity index (χ2v) is 7.17. The largest absolute Gasteiger partial charge is 0.351 e. The van der Waals surface area contributed by atoms with E-state index < -0.39 is 0 Å². The summed E-state index contributed by atoms with van der Waals surface area (Å²) in [7, 11) is 0. The third-order valence-corrected chi connectivity index (χ3v) is 5.09. The van der Waals surface area contributed by atoms with E-state index in [0.29, 0.717) is 12.1 Å². The van der Waals surface area contributed by atoms with Gasteiger partial charge >= 0.3 is 0 Å². The Morgan fingerprint density at radius 3 is 2.88 bits per heavy atom. The Morgan fingerprint density at radius 2 is 2.12 bits per heavy atom. The van der Waals surface area contributed by atoms with Crippen LogP contribution in [-0.2, 0) is 5.75 Å². The summed E-state index contributed by atoms with van der Waals surface area (Å²) in [6.07, 6.45) is 1.71. The number of para-hydroxylation sites is 1. The topological polar surface area (TPSA) is 70.7 Å². The van der Waals surface area contributed by atoms with Crippen LogP contribution in [0.4, 0.5) is 0 Å². The van der Waals surface area contributed by atoms with Gasteiger partial charge in [-0.15, -0.1) is 0 Å². The summed E-state index contributed by atoms with van der Waals surface area (Å²) >= 11 is 1.76. The van der Waals surface area contributed by atoms with Crippen LogP contribution < -0.4 is 5.32 Å². The van der Waals surface area contributed by atoms with Crippen molar-refractivity contribution in [2.45, 2.75) is 26.5 Å². The van der Waals surface area contributed by atoms with Crippen LogP contribution in [0.15, 0.2) is 30.6 Å². The number of aromatic amines is 1. The van der Waals surface area contributed by atoms with Gasteiger partial charge in [-0.05, 0) is 32.4 Å². The third kappa shape index (κ3) is 4.02. The number of hydrogen-bond acceptors (Lipinski definition) is 4. The van der Waals surface area contributed by atoms with Gasteiger partial charge in [-0.2, -0.15) is 11.8 Å². The quantitative estimate of drug-likeness (QED) is 0.664. The van der Waals surface area contributed by atoms with Gasteiger partial charge in [0.2, 0.25) is 0 Å². The molecule has 0 unspecified atom stereocenters. The van der Waals surface area contributed by atoms with E-state index in [1.165, 1.54) is 0 Å². The van der Waals surface area contributed by atoms with Gasteiger partial charge in [-0.1, -0.05) is 18.2 Å². The normalized spacial score (nSPS) is 11.0. The van der Waals surface area contributed by atoms with Gasteiger partial charge < -0.3 is 10.3 Å². The highest BCUT2D eigenvalue weighted by molar-refractivity contribution is 7.98. The van der Waals surface area contributed by atoms with Crippen LogP contribution in [0, 0.1) is 20.8 Å². The first kappa shape index (κ1) is 17.5. The van der Waals surface area contributed by atoms with Crippen LogP contribution in [-0.4, -0.2) is 33.2 Å². The van der Waals surface area contributed by atoms with E-state index in [1.807, 2.05) is 45.0 Å². The molecule has 0 atom stereocenters. The molecule has 1 aromatic carbocycles. The van der Waals surface area contributed by atoms with Gasteiger partial charge in [0.1, 0.15) is 0 Å². The predicted octanol–water partition coefficient (Wildman–Crippen LogP) is 3.55. The number of pyridine rings is 1. The predicted molar refractivity (Wildman–Crippen MR) is 103 cm³/mol. The Kier molecular flexibility index (Phi) is 5.38. The number of fused-ring (bicyclic) bond motifs is 1. The van der Waals surface area contributed by atoms with Crippen molar-refractivity contribution >= 4 is 28.6 Å². The van der Waals surface area contributed by atoms with Gasteiger partial charge in [-0.25, -0.2) is 4.98 Å². The molecule has 6 heteroatoms. The highest BCUT2D eigenvalue weighted by Gasteiger charge is 2.12. The molecule has 0 bridgehead atoms. The number of nitrogens with one attached hydrogen (secondary N) is 2. The number of hydrogen-bond donors (Lipinski definition) is 2. The van der Waals surface area contributed by atoms with Crippen molar-refractivity contribution in [3.05, 3.63) is 58.8 Å². The number of H-pyrrole nitrogens is 1. The van der Waals surface area contributed by atoms with Gasteiger partial charge in [0.15, 0.2) is 0 Å². The molecule has 2 N–H and O–H groups in total. The second-order valence-electron chi connectivity index (χ2n) is 6.06. The van der Waals surface area contributed by atoms with E-state index in [0.717, 1.165) is 45.1 Å². The molecule has 2 aromatic heterocycles. The molecule has 1 amide bonds. The summed E-state index contributed by atoms with van der Waals surface area (Å²) in [4.78, 5) is 24.5. The van der Waals surface area contributed by atoms with Gasteiger partial charge in [0.05, 0.1) is 23.1 Å². The number of imidazole rings is 1. The minimum absolute atomic E-state index is 0.0438. The summed E-state index contributed by atoms with van der Waals surface area (Å²) in [5.41, 5.74) is 5.71. The van der Waals surface area contributed by atoms with Crippen LogP contribution >= 0.6 is 11.8 Å². The number of benzene rings is 1. The van der Waals surface area contributed by atoms with Crippen LogP contribution in [0.25, 0.3) is 10.9 Å². The molecule has 25 heavy (non-hydrogen) atoms. The average molecular weight is 354 g/mol. The first-order valence-corrected chi connectivity index (χ1v) is 9.43. The maximum Gasteiger partial charge on any atom is 0.252 e.